The van der Waals surface area contributed by atoms with Crippen molar-refractivity contribution in [2.24, 2.45) is 0 Å². The van der Waals surface area contributed by atoms with Gasteiger partial charge in [0.05, 0.1) is 0 Å². The van der Waals surface area contributed by atoms with E-state index in [0.29, 0.717) is 0 Å². The summed E-state index contributed by atoms with van der Waals surface area (Å²) in [5.74, 6) is 1.10. The molecule has 1 aliphatic heterocycles. The highest BCUT2D eigenvalue weighted by Gasteiger charge is 2.18. The van der Waals surface area contributed by atoms with Crippen LogP contribution >= 0.6 is 0 Å². The van der Waals surface area contributed by atoms with Crippen molar-refractivity contribution in [3.63, 3.8) is 0 Å². The number of rotatable bonds is 3. The molecule has 4 nitrogen and oxygen atoms in total. The highest BCUT2D eigenvalue weighted by molar-refractivity contribution is 5.56. The lowest BCUT2D eigenvalue weighted by atomic mass is 10.2. The molecule has 0 saturated carbocycles. The number of benzene rings is 1. The normalized spacial score (nSPS) is 15.1. The molecule has 0 amide bonds. The van der Waals surface area contributed by atoms with Gasteiger partial charge >= 0.3 is 0 Å². The van der Waals surface area contributed by atoms with E-state index in [9.17, 15) is 0 Å². The average Bonchev–Trinajstić information content (AvgIpc) is 2.55. The molecule has 0 aliphatic carbocycles. The highest BCUT2D eigenvalue weighted by Crippen LogP contribution is 2.21. The van der Waals surface area contributed by atoms with Crippen molar-refractivity contribution in [1.29, 1.82) is 0 Å². The Morgan fingerprint density at radius 1 is 0.905 bits per heavy atom. The average molecular weight is 282 g/mol. The number of aryl methyl sites for hydroxylation is 1. The lowest BCUT2D eigenvalue weighted by Crippen LogP contribution is -2.46. The zero-order valence-corrected chi connectivity index (χ0v) is 12.7. The lowest BCUT2D eigenvalue weighted by molar-refractivity contribution is 0.647. The molecule has 1 aromatic heterocycles. The van der Waals surface area contributed by atoms with Crippen LogP contribution in [0.4, 0.5) is 17.2 Å². The van der Waals surface area contributed by atoms with Crippen LogP contribution in [0.25, 0.3) is 0 Å². The maximum absolute atomic E-state index is 4.62. The Morgan fingerprint density at radius 3 is 2.19 bits per heavy atom. The van der Waals surface area contributed by atoms with E-state index < -0.39 is 0 Å². The van der Waals surface area contributed by atoms with Gasteiger partial charge in [-0.15, -0.1) is 0 Å². The molecule has 1 N–H and O–H groups in total. The molecule has 2 heterocycles. The lowest BCUT2D eigenvalue weighted by Gasteiger charge is -2.36. The van der Waals surface area contributed by atoms with Crippen LogP contribution in [0.1, 0.15) is 5.69 Å². The quantitative estimate of drug-likeness (QED) is 0.938. The zero-order chi connectivity index (χ0) is 14.7. The Hall–Kier alpha value is -2.23. The summed E-state index contributed by atoms with van der Waals surface area (Å²) >= 11 is 0. The molecule has 1 fully saturated rings. The first-order valence-electron chi connectivity index (χ1n) is 7.47. The number of pyridine rings is 1. The van der Waals surface area contributed by atoms with E-state index in [4.69, 9.17) is 0 Å². The molecule has 21 heavy (non-hydrogen) atoms. The second-order valence-electron chi connectivity index (χ2n) is 5.41. The van der Waals surface area contributed by atoms with E-state index in [0.717, 1.165) is 43.4 Å². The number of piperazine rings is 1. The van der Waals surface area contributed by atoms with Gasteiger partial charge in [-0.3, -0.25) is 0 Å². The van der Waals surface area contributed by atoms with Gasteiger partial charge in [0.15, 0.2) is 0 Å². The van der Waals surface area contributed by atoms with Crippen LogP contribution in [0.2, 0.25) is 0 Å². The largest absolute Gasteiger partial charge is 0.388 e. The van der Waals surface area contributed by atoms with Gasteiger partial charge in [0.2, 0.25) is 0 Å². The fourth-order valence-electron chi connectivity index (χ4n) is 2.74. The number of nitrogens with zero attached hydrogens (tertiary/aromatic N) is 3. The van der Waals surface area contributed by atoms with Crippen molar-refractivity contribution >= 4 is 17.2 Å². The predicted molar refractivity (Wildman–Crippen MR) is 89.4 cm³/mol. The first-order valence-corrected chi connectivity index (χ1v) is 7.47. The Balaban J connectivity index is 1.64. The molecule has 4 heteroatoms. The number of hydrogen-bond donors (Lipinski definition) is 1. The topological polar surface area (TPSA) is 31.4 Å². The third-order valence-electron chi connectivity index (χ3n) is 4.00. The van der Waals surface area contributed by atoms with Crippen molar-refractivity contribution in [1.82, 2.24) is 4.98 Å². The van der Waals surface area contributed by atoms with Crippen LogP contribution in [-0.4, -0.2) is 38.2 Å². The van der Waals surface area contributed by atoms with E-state index in [1.165, 1.54) is 5.69 Å². The third-order valence-corrected chi connectivity index (χ3v) is 4.00. The predicted octanol–water partition coefficient (Wildman–Crippen LogP) is 2.76. The van der Waals surface area contributed by atoms with Gasteiger partial charge in [-0.2, -0.15) is 0 Å². The maximum atomic E-state index is 4.62. The van der Waals surface area contributed by atoms with Gasteiger partial charge < -0.3 is 15.1 Å². The zero-order valence-electron chi connectivity index (χ0n) is 12.7. The third kappa shape index (κ3) is 3.10. The molecule has 1 aromatic carbocycles. The summed E-state index contributed by atoms with van der Waals surface area (Å²) in [5, 5.41) is 3.16. The maximum Gasteiger partial charge on any atom is 0.128 e. The van der Waals surface area contributed by atoms with Gasteiger partial charge in [-0.25, -0.2) is 4.98 Å². The molecule has 1 aliphatic rings. The minimum atomic E-state index is 1.02. The molecule has 110 valence electrons. The van der Waals surface area contributed by atoms with Crippen molar-refractivity contribution in [3.05, 3.63) is 48.2 Å². The smallest absolute Gasteiger partial charge is 0.128 e. The van der Waals surface area contributed by atoms with Crippen LogP contribution in [0, 0.1) is 6.92 Å². The van der Waals surface area contributed by atoms with E-state index in [2.05, 4.69) is 56.5 Å². The molecule has 1 saturated heterocycles. The molecule has 0 spiro atoms. The first kappa shape index (κ1) is 13.7. The second-order valence-corrected chi connectivity index (χ2v) is 5.41. The van der Waals surface area contributed by atoms with Crippen LogP contribution < -0.4 is 15.1 Å². The number of hydrogen-bond acceptors (Lipinski definition) is 4. The SMILES string of the molecule is CNc1ccc(N2CCN(c3cccc(C)n3)CC2)cc1. The van der Waals surface area contributed by atoms with Gasteiger partial charge in [-0.05, 0) is 43.3 Å². The fraction of sp³-hybridized carbons (Fsp3) is 0.353. The Labute approximate surface area is 126 Å². The minimum Gasteiger partial charge on any atom is -0.388 e. The van der Waals surface area contributed by atoms with E-state index >= 15 is 0 Å². The summed E-state index contributed by atoms with van der Waals surface area (Å²) in [5.41, 5.74) is 3.53. The summed E-state index contributed by atoms with van der Waals surface area (Å²) in [4.78, 5) is 9.42. The number of aromatic nitrogens is 1. The second kappa shape index (κ2) is 6.04. The van der Waals surface area contributed by atoms with Crippen molar-refractivity contribution < 1.29 is 0 Å². The molecule has 3 rings (SSSR count). The van der Waals surface area contributed by atoms with Crippen molar-refractivity contribution in [2.45, 2.75) is 6.92 Å². The standard InChI is InChI=1S/C17H22N4/c1-14-4-3-5-17(19-14)21-12-10-20(11-13-21)16-8-6-15(18-2)7-9-16/h3-9,18H,10-13H2,1-2H3. The van der Waals surface area contributed by atoms with Crippen molar-refractivity contribution in [2.75, 3.05) is 48.3 Å². The molecule has 0 atom stereocenters. The Bertz CT molecular complexity index is 586. The molecular weight excluding hydrogens is 260 g/mol. The van der Waals surface area contributed by atoms with Gasteiger partial charge in [-0.1, -0.05) is 6.07 Å². The monoisotopic (exact) mass is 282 g/mol. The van der Waals surface area contributed by atoms with E-state index in [1.54, 1.807) is 0 Å². The number of nitrogens with one attached hydrogen (secondary N) is 1. The van der Waals surface area contributed by atoms with E-state index in [1.807, 2.05) is 20.0 Å². The van der Waals surface area contributed by atoms with Gasteiger partial charge in [0, 0.05) is 50.3 Å². The molecule has 0 bridgehead atoms. The fourth-order valence-corrected chi connectivity index (χ4v) is 2.74. The minimum absolute atomic E-state index is 1.02. The van der Waals surface area contributed by atoms with Crippen LogP contribution in [-0.2, 0) is 0 Å². The summed E-state index contributed by atoms with van der Waals surface area (Å²) < 4.78 is 0. The van der Waals surface area contributed by atoms with Crippen LogP contribution in [0.5, 0.6) is 0 Å². The molecule has 0 radical (unpaired) electrons. The molecule has 2 aromatic rings. The molecular formula is C17H22N4. The summed E-state index contributed by atoms with van der Waals surface area (Å²) in [6, 6.07) is 14.9. The van der Waals surface area contributed by atoms with Gasteiger partial charge in [0.25, 0.3) is 0 Å². The Kier molecular flexibility index (Phi) is 3.95. The van der Waals surface area contributed by atoms with Crippen molar-refractivity contribution in [3.8, 4) is 0 Å². The van der Waals surface area contributed by atoms with E-state index in [-0.39, 0.29) is 0 Å². The van der Waals surface area contributed by atoms with Crippen LogP contribution in [0.15, 0.2) is 42.5 Å². The number of anilines is 3. The summed E-state index contributed by atoms with van der Waals surface area (Å²) in [7, 11) is 1.95. The first-order chi connectivity index (χ1) is 10.3. The summed E-state index contributed by atoms with van der Waals surface area (Å²) in [6.07, 6.45) is 0. The Morgan fingerprint density at radius 2 is 1.57 bits per heavy atom. The van der Waals surface area contributed by atoms with Gasteiger partial charge in [0.1, 0.15) is 5.82 Å². The summed E-state index contributed by atoms with van der Waals surface area (Å²) in [6.45, 7) is 6.15. The highest BCUT2D eigenvalue weighted by atomic mass is 15.3. The van der Waals surface area contributed by atoms with Crippen LogP contribution in [0.3, 0.4) is 0 Å². The molecule has 0 unspecified atom stereocenters.